The van der Waals surface area contributed by atoms with Gasteiger partial charge in [0.15, 0.2) is 23.0 Å². The molecule has 130 valence electrons. The van der Waals surface area contributed by atoms with E-state index in [2.05, 4.69) is 21.2 Å². The fourth-order valence-electron chi connectivity index (χ4n) is 2.39. The van der Waals surface area contributed by atoms with E-state index in [1.807, 2.05) is 30.3 Å². The highest BCUT2D eigenvalue weighted by atomic mass is 79.9. The molecule has 0 spiro atoms. The molecular formula is C18H22BrNO4. The molecule has 0 aliphatic heterocycles. The number of aromatic hydroxyl groups is 1. The Bertz CT molecular complexity index is 691. The molecule has 0 unspecified atom stereocenters. The van der Waals surface area contributed by atoms with Gasteiger partial charge in [-0.15, -0.1) is 0 Å². The van der Waals surface area contributed by atoms with Crippen LogP contribution in [0.5, 0.6) is 23.0 Å². The van der Waals surface area contributed by atoms with Gasteiger partial charge < -0.3 is 24.6 Å². The Hall–Kier alpha value is -1.92. The van der Waals surface area contributed by atoms with Crippen LogP contribution in [0.1, 0.15) is 11.1 Å². The van der Waals surface area contributed by atoms with Crippen LogP contribution in [0.4, 0.5) is 0 Å². The van der Waals surface area contributed by atoms with Crippen LogP contribution in [0.15, 0.2) is 34.8 Å². The predicted molar refractivity (Wildman–Crippen MR) is 97.3 cm³/mol. The number of methoxy groups -OCH3 is 3. The molecule has 0 aliphatic carbocycles. The van der Waals surface area contributed by atoms with Crippen LogP contribution in [0, 0.1) is 0 Å². The summed E-state index contributed by atoms with van der Waals surface area (Å²) >= 11 is 3.33. The maximum atomic E-state index is 9.82. The second-order valence-electron chi connectivity index (χ2n) is 5.24. The molecule has 0 aliphatic rings. The van der Waals surface area contributed by atoms with Crippen LogP contribution in [-0.4, -0.2) is 33.0 Å². The minimum atomic E-state index is 0.117. The number of benzene rings is 2. The number of ether oxygens (including phenoxy) is 3. The Morgan fingerprint density at radius 1 is 0.917 bits per heavy atom. The summed E-state index contributed by atoms with van der Waals surface area (Å²) in [6, 6.07) is 9.63. The molecule has 2 aromatic carbocycles. The lowest BCUT2D eigenvalue weighted by atomic mass is 10.1. The van der Waals surface area contributed by atoms with Gasteiger partial charge >= 0.3 is 0 Å². The van der Waals surface area contributed by atoms with Crippen molar-refractivity contribution < 1.29 is 19.3 Å². The maximum absolute atomic E-state index is 9.82. The summed E-state index contributed by atoms with van der Waals surface area (Å²) < 4.78 is 16.3. The quantitative estimate of drug-likeness (QED) is 0.669. The first-order valence-electron chi connectivity index (χ1n) is 7.56. The zero-order valence-corrected chi connectivity index (χ0v) is 15.6. The number of hydrogen-bond donors (Lipinski definition) is 2. The largest absolute Gasteiger partial charge is 0.503 e. The van der Waals surface area contributed by atoms with E-state index < -0.39 is 0 Å². The van der Waals surface area contributed by atoms with Crippen molar-refractivity contribution in [2.75, 3.05) is 27.9 Å². The van der Waals surface area contributed by atoms with E-state index in [9.17, 15) is 5.11 Å². The highest BCUT2D eigenvalue weighted by Crippen LogP contribution is 2.35. The topological polar surface area (TPSA) is 60.0 Å². The third-order valence-corrected chi connectivity index (χ3v) is 4.28. The van der Waals surface area contributed by atoms with Crippen LogP contribution in [0.3, 0.4) is 0 Å². The number of rotatable bonds is 8. The number of nitrogens with one attached hydrogen (secondary N) is 1. The first kappa shape index (κ1) is 18.4. The molecule has 0 heterocycles. The summed E-state index contributed by atoms with van der Waals surface area (Å²) in [6.07, 6.45) is 0.872. The molecule has 0 amide bonds. The first-order chi connectivity index (χ1) is 11.6. The molecule has 0 saturated heterocycles. The molecule has 2 aromatic rings. The maximum Gasteiger partial charge on any atom is 0.172 e. The van der Waals surface area contributed by atoms with Crippen LogP contribution < -0.4 is 19.5 Å². The first-order valence-corrected chi connectivity index (χ1v) is 8.35. The minimum Gasteiger partial charge on any atom is -0.503 e. The van der Waals surface area contributed by atoms with Crippen molar-refractivity contribution in [3.63, 3.8) is 0 Å². The van der Waals surface area contributed by atoms with Crippen LogP contribution in [0.2, 0.25) is 0 Å². The van der Waals surface area contributed by atoms with Crippen LogP contribution in [0.25, 0.3) is 0 Å². The van der Waals surface area contributed by atoms with Crippen molar-refractivity contribution >= 4 is 15.9 Å². The average molecular weight is 396 g/mol. The molecule has 2 N–H and O–H groups in total. The monoisotopic (exact) mass is 395 g/mol. The lowest BCUT2D eigenvalue weighted by molar-refractivity contribution is 0.354. The van der Waals surface area contributed by atoms with Gasteiger partial charge in [0, 0.05) is 6.54 Å². The van der Waals surface area contributed by atoms with Gasteiger partial charge in [0.25, 0.3) is 0 Å². The number of phenols is 1. The third-order valence-electron chi connectivity index (χ3n) is 3.68. The second kappa shape index (κ2) is 8.80. The molecule has 0 saturated carbocycles. The lowest BCUT2D eigenvalue weighted by Gasteiger charge is -2.11. The van der Waals surface area contributed by atoms with Crippen LogP contribution >= 0.6 is 15.9 Å². The van der Waals surface area contributed by atoms with E-state index in [0.717, 1.165) is 30.0 Å². The van der Waals surface area contributed by atoms with Gasteiger partial charge in [-0.25, -0.2) is 0 Å². The summed E-state index contributed by atoms with van der Waals surface area (Å²) in [5.41, 5.74) is 2.20. The standard InChI is InChI=1S/C18H22BrNO4/c1-22-15-5-4-12(9-16(15)23-2)6-7-20-11-13-8-14(19)18(21)17(10-13)24-3/h4-5,8-10,20-21H,6-7,11H2,1-3H3. The van der Waals surface area contributed by atoms with Crippen molar-refractivity contribution in [1.82, 2.24) is 5.32 Å². The molecule has 0 bridgehead atoms. The second-order valence-corrected chi connectivity index (χ2v) is 6.10. The highest BCUT2D eigenvalue weighted by molar-refractivity contribution is 9.10. The Morgan fingerprint density at radius 3 is 2.25 bits per heavy atom. The average Bonchev–Trinajstić information content (AvgIpc) is 2.61. The fraction of sp³-hybridized carbons (Fsp3) is 0.333. The van der Waals surface area contributed by atoms with E-state index in [1.54, 1.807) is 14.2 Å². The molecule has 2 rings (SSSR count). The Labute approximate surface area is 150 Å². The molecule has 0 aromatic heterocycles. The van der Waals surface area contributed by atoms with Gasteiger partial charge in [-0.3, -0.25) is 0 Å². The highest BCUT2D eigenvalue weighted by Gasteiger charge is 2.08. The molecule has 6 heteroatoms. The van der Waals surface area contributed by atoms with Crippen molar-refractivity contribution in [1.29, 1.82) is 0 Å². The summed E-state index contributed by atoms with van der Waals surface area (Å²) in [4.78, 5) is 0. The van der Waals surface area contributed by atoms with E-state index >= 15 is 0 Å². The Kier molecular flexibility index (Phi) is 6.75. The van der Waals surface area contributed by atoms with Gasteiger partial charge in [0.1, 0.15) is 0 Å². The van der Waals surface area contributed by atoms with Crippen molar-refractivity contribution in [3.05, 3.63) is 45.9 Å². The van der Waals surface area contributed by atoms with E-state index in [0.29, 0.717) is 16.8 Å². The summed E-state index contributed by atoms with van der Waals surface area (Å²) in [6.45, 7) is 1.50. The zero-order valence-electron chi connectivity index (χ0n) is 14.1. The Morgan fingerprint density at radius 2 is 1.58 bits per heavy atom. The van der Waals surface area contributed by atoms with Crippen molar-refractivity contribution in [3.8, 4) is 23.0 Å². The van der Waals surface area contributed by atoms with Gasteiger partial charge in [-0.05, 0) is 64.3 Å². The van der Waals surface area contributed by atoms with Gasteiger partial charge in [-0.1, -0.05) is 6.07 Å². The predicted octanol–water partition coefficient (Wildman–Crippen LogP) is 3.51. The summed E-state index contributed by atoms with van der Waals surface area (Å²) in [5.74, 6) is 2.05. The van der Waals surface area contributed by atoms with E-state index in [4.69, 9.17) is 14.2 Å². The summed E-state index contributed by atoms with van der Waals surface area (Å²) in [5, 5.41) is 13.2. The Balaban J connectivity index is 1.90. The van der Waals surface area contributed by atoms with E-state index in [-0.39, 0.29) is 5.75 Å². The SMILES string of the molecule is COc1ccc(CCNCc2cc(Br)c(O)c(OC)c2)cc1OC. The molecule has 0 fully saturated rings. The lowest BCUT2D eigenvalue weighted by Crippen LogP contribution is -2.16. The molecule has 24 heavy (non-hydrogen) atoms. The fourth-order valence-corrected chi connectivity index (χ4v) is 2.88. The minimum absolute atomic E-state index is 0.117. The molecular weight excluding hydrogens is 374 g/mol. The number of phenolic OH excluding ortho intramolecular Hbond substituents is 1. The normalized spacial score (nSPS) is 10.5. The number of hydrogen-bond acceptors (Lipinski definition) is 5. The van der Waals surface area contributed by atoms with E-state index in [1.165, 1.54) is 12.7 Å². The van der Waals surface area contributed by atoms with Gasteiger partial charge in [0.2, 0.25) is 0 Å². The zero-order chi connectivity index (χ0) is 17.5. The van der Waals surface area contributed by atoms with Crippen molar-refractivity contribution in [2.24, 2.45) is 0 Å². The molecule has 5 nitrogen and oxygen atoms in total. The van der Waals surface area contributed by atoms with Gasteiger partial charge in [-0.2, -0.15) is 0 Å². The van der Waals surface area contributed by atoms with Crippen LogP contribution in [-0.2, 0) is 13.0 Å². The summed E-state index contributed by atoms with van der Waals surface area (Å²) in [7, 11) is 4.80. The number of halogens is 1. The third kappa shape index (κ3) is 4.55. The van der Waals surface area contributed by atoms with Gasteiger partial charge in [0.05, 0.1) is 25.8 Å². The molecule has 0 radical (unpaired) electrons. The van der Waals surface area contributed by atoms with Crippen molar-refractivity contribution in [2.45, 2.75) is 13.0 Å². The smallest absolute Gasteiger partial charge is 0.172 e. The molecule has 0 atom stereocenters.